The van der Waals surface area contributed by atoms with Crippen molar-refractivity contribution in [3.8, 4) is 0 Å². The number of hydrogen-bond donors (Lipinski definition) is 2. The maximum Gasteiger partial charge on any atom is 0.191 e. The second-order valence-electron chi connectivity index (χ2n) is 6.20. The Morgan fingerprint density at radius 1 is 1.33 bits per heavy atom. The number of nitrogens with one attached hydrogen (secondary N) is 2. The Kier molecular flexibility index (Phi) is 8.13. The van der Waals surface area contributed by atoms with Gasteiger partial charge in [0.05, 0.1) is 0 Å². The minimum atomic E-state index is 0.659. The molecule has 0 aliphatic carbocycles. The summed E-state index contributed by atoms with van der Waals surface area (Å²) in [5.74, 6) is 1.54. The van der Waals surface area contributed by atoms with Crippen LogP contribution in [0.1, 0.15) is 25.3 Å². The Bertz CT molecular complexity index is 536. The molecule has 1 aliphatic heterocycles. The smallest absolute Gasteiger partial charge is 0.191 e. The zero-order valence-corrected chi connectivity index (χ0v) is 15.4. The van der Waals surface area contributed by atoms with Gasteiger partial charge in [0, 0.05) is 31.2 Å². The molecule has 1 aromatic rings. The largest absolute Gasteiger partial charge is 0.357 e. The summed E-state index contributed by atoms with van der Waals surface area (Å²) in [6.45, 7) is 11.5. The third-order valence-corrected chi connectivity index (χ3v) is 4.69. The molecular weight excluding hydrogens is 320 g/mol. The van der Waals surface area contributed by atoms with Gasteiger partial charge >= 0.3 is 0 Å². The van der Waals surface area contributed by atoms with Gasteiger partial charge in [-0.25, -0.2) is 0 Å². The molecule has 0 bridgehead atoms. The SMILES string of the molecule is C=CCNC(=NCC1CCN(Cc2ccccc2Cl)CC1)NCC. The van der Waals surface area contributed by atoms with Gasteiger partial charge in [-0.15, -0.1) is 6.58 Å². The molecule has 132 valence electrons. The summed E-state index contributed by atoms with van der Waals surface area (Å²) in [7, 11) is 0. The van der Waals surface area contributed by atoms with Gasteiger partial charge in [-0.05, 0) is 50.4 Å². The summed E-state index contributed by atoms with van der Waals surface area (Å²) in [4.78, 5) is 7.19. The Morgan fingerprint density at radius 3 is 2.75 bits per heavy atom. The first-order chi connectivity index (χ1) is 11.7. The number of halogens is 1. The molecule has 0 amide bonds. The van der Waals surface area contributed by atoms with E-state index < -0.39 is 0 Å². The number of piperidine rings is 1. The number of hydrogen-bond acceptors (Lipinski definition) is 2. The lowest BCUT2D eigenvalue weighted by Gasteiger charge is -2.31. The summed E-state index contributed by atoms with van der Waals surface area (Å²) < 4.78 is 0. The van der Waals surface area contributed by atoms with Gasteiger partial charge < -0.3 is 10.6 Å². The van der Waals surface area contributed by atoms with Gasteiger partial charge in [0.1, 0.15) is 0 Å². The van der Waals surface area contributed by atoms with Gasteiger partial charge in [0.25, 0.3) is 0 Å². The lowest BCUT2D eigenvalue weighted by molar-refractivity contribution is 0.180. The lowest BCUT2D eigenvalue weighted by Crippen LogP contribution is -2.38. The highest BCUT2D eigenvalue weighted by molar-refractivity contribution is 6.31. The predicted octanol–water partition coefficient (Wildman–Crippen LogP) is 3.29. The van der Waals surface area contributed by atoms with E-state index in [0.29, 0.717) is 5.92 Å². The molecule has 0 spiro atoms. The van der Waals surface area contributed by atoms with E-state index in [4.69, 9.17) is 16.6 Å². The summed E-state index contributed by atoms with van der Waals surface area (Å²) in [6.07, 6.45) is 4.23. The maximum absolute atomic E-state index is 6.26. The molecule has 1 heterocycles. The number of likely N-dealkylation sites (tertiary alicyclic amines) is 1. The van der Waals surface area contributed by atoms with E-state index >= 15 is 0 Å². The molecule has 0 aromatic heterocycles. The molecule has 4 nitrogen and oxygen atoms in total. The van der Waals surface area contributed by atoms with Crippen LogP contribution < -0.4 is 10.6 Å². The molecule has 2 rings (SSSR count). The molecule has 0 unspecified atom stereocenters. The first kappa shape index (κ1) is 18.8. The quantitative estimate of drug-likeness (QED) is 0.451. The molecule has 5 heteroatoms. The zero-order valence-electron chi connectivity index (χ0n) is 14.6. The number of rotatable bonds is 7. The summed E-state index contributed by atoms with van der Waals surface area (Å²) >= 11 is 6.26. The van der Waals surface area contributed by atoms with Crippen molar-refractivity contribution in [3.05, 3.63) is 47.5 Å². The fourth-order valence-electron chi connectivity index (χ4n) is 2.93. The normalized spacial score (nSPS) is 16.8. The highest BCUT2D eigenvalue weighted by atomic mass is 35.5. The van der Waals surface area contributed by atoms with Crippen molar-refractivity contribution in [2.45, 2.75) is 26.3 Å². The molecule has 1 aliphatic rings. The van der Waals surface area contributed by atoms with Crippen LogP contribution in [0.25, 0.3) is 0 Å². The topological polar surface area (TPSA) is 39.7 Å². The third kappa shape index (κ3) is 6.17. The van der Waals surface area contributed by atoms with E-state index in [-0.39, 0.29) is 0 Å². The second-order valence-corrected chi connectivity index (χ2v) is 6.61. The average Bonchev–Trinajstić information content (AvgIpc) is 2.60. The van der Waals surface area contributed by atoms with Crippen LogP contribution in [-0.4, -0.2) is 43.6 Å². The van der Waals surface area contributed by atoms with Gasteiger partial charge in [0.15, 0.2) is 5.96 Å². The van der Waals surface area contributed by atoms with Crippen molar-refractivity contribution in [2.75, 3.05) is 32.7 Å². The van der Waals surface area contributed by atoms with Gasteiger partial charge in [-0.2, -0.15) is 0 Å². The number of nitrogens with zero attached hydrogens (tertiary/aromatic N) is 2. The Morgan fingerprint density at radius 2 is 2.08 bits per heavy atom. The van der Waals surface area contributed by atoms with E-state index in [9.17, 15) is 0 Å². The lowest BCUT2D eigenvalue weighted by atomic mass is 9.96. The number of aliphatic imine (C=N–C) groups is 1. The molecule has 0 radical (unpaired) electrons. The monoisotopic (exact) mass is 348 g/mol. The van der Waals surface area contributed by atoms with Crippen molar-refractivity contribution >= 4 is 17.6 Å². The maximum atomic E-state index is 6.26. The van der Waals surface area contributed by atoms with Crippen LogP contribution in [0.15, 0.2) is 41.9 Å². The molecule has 0 saturated carbocycles. The van der Waals surface area contributed by atoms with Crippen LogP contribution >= 0.6 is 11.6 Å². The van der Waals surface area contributed by atoms with Crippen molar-refractivity contribution < 1.29 is 0 Å². The van der Waals surface area contributed by atoms with Crippen LogP contribution in [-0.2, 0) is 6.54 Å². The average molecular weight is 349 g/mol. The van der Waals surface area contributed by atoms with Crippen molar-refractivity contribution in [1.82, 2.24) is 15.5 Å². The van der Waals surface area contributed by atoms with E-state index in [1.807, 2.05) is 18.2 Å². The van der Waals surface area contributed by atoms with Crippen molar-refractivity contribution in [1.29, 1.82) is 0 Å². The van der Waals surface area contributed by atoms with Gasteiger partial charge in [-0.3, -0.25) is 9.89 Å². The summed E-state index contributed by atoms with van der Waals surface area (Å²) in [5, 5.41) is 7.39. The Balaban J connectivity index is 1.77. The van der Waals surface area contributed by atoms with Crippen LogP contribution in [0.4, 0.5) is 0 Å². The minimum Gasteiger partial charge on any atom is -0.357 e. The fraction of sp³-hybridized carbons (Fsp3) is 0.526. The van der Waals surface area contributed by atoms with Crippen LogP contribution in [0, 0.1) is 5.92 Å². The van der Waals surface area contributed by atoms with Crippen molar-refractivity contribution in [3.63, 3.8) is 0 Å². The molecular formula is C19H29ClN4. The minimum absolute atomic E-state index is 0.659. The third-order valence-electron chi connectivity index (χ3n) is 4.32. The first-order valence-corrected chi connectivity index (χ1v) is 9.19. The van der Waals surface area contributed by atoms with E-state index in [0.717, 1.165) is 50.3 Å². The highest BCUT2D eigenvalue weighted by Gasteiger charge is 2.19. The van der Waals surface area contributed by atoms with E-state index in [1.165, 1.54) is 18.4 Å². The van der Waals surface area contributed by atoms with Crippen LogP contribution in [0.2, 0.25) is 5.02 Å². The number of guanidine groups is 1. The standard InChI is InChI=1S/C19H29ClN4/c1-3-11-22-19(21-4-2)23-14-16-9-12-24(13-10-16)15-17-7-5-6-8-18(17)20/h3,5-8,16H,1,4,9-15H2,2H3,(H2,21,22,23). The second kappa shape index (κ2) is 10.4. The number of benzene rings is 1. The first-order valence-electron chi connectivity index (χ1n) is 8.81. The van der Waals surface area contributed by atoms with Crippen LogP contribution in [0.3, 0.4) is 0 Å². The highest BCUT2D eigenvalue weighted by Crippen LogP contribution is 2.22. The summed E-state index contributed by atoms with van der Waals surface area (Å²) in [6, 6.07) is 8.13. The molecule has 24 heavy (non-hydrogen) atoms. The fourth-order valence-corrected chi connectivity index (χ4v) is 3.12. The predicted molar refractivity (Wildman–Crippen MR) is 104 cm³/mol. The van der Waals surface area contributed by atoms with Crippen molar-refractivity contribution in [2.24, 2.45) is 10.9 Å². The zero-order chi connectivity index (χ0) is 17.2. The molecule has 1 aromatic carbocycles. The van der Waals surface area contributed by atoms with E-state index in [2.05, 4.69) is 41.2 Å². The summed E-state index contributed by atoms with van der Waals surface area (Å²) in [5.41, 5.74) is 1.22. The molecule has 2 N–H and O–H groups in total. The molecule has 0 atom stereocenters. The molecule has 1 fully saturated rings. The van der Waals surface area contributed by atoms with Gasteiger partial charge in [-0.1, -0.05) is 35.9 Å². The molecule has 1 saturated heterocycles. The van der Waals surface area contributed by atoms with Crippen LogP contribution in [0.5, 0.6) is 0 Å². The Labute approximate surface area is 151 Å². The van der Waals surface area contributed by atoms with E-state index in [1.54, 1.807) is 0 Å². The van der Waals surface area contributed by atoms with Gasteiger partial charge in [0.2, 0.25) is 0 Å². The Hall–Kier alpha value is -1.52.